The van der Waals surface area contributed by atoms with Crippen LogP contribution in [0.25, 0.3) is 0 Å². The van der Waals surface area contributed by atoms with Crippen molar-refractivity contribution in [2.45, 2.75) is 70.8 Å². The molecule has 0 aromatic heterocycles. The highest BCUT2D eigenvalue weighted by atomic mass is 32.2. The molecule has 2 fully saturated rings. The SMILES string of the molecule is CC[C@@]12CCC[C@H]1[C@@H]1C[C@H](NC(C)=O)c3cc(OS(N)(=O)=O)c(OC)cc3[C@H]1CC2. The number of nitrogens with one attached hydrogen (secondary N) is 1. The van der Waals surface area contributed by atoms with Crippen molar-refractivity contribution in [2.24, 2.45) is 22.4 Å². The Kier molecular flexibility index (Phi) is 5.51. The molecule has 0 radical (unpaired) electrons. The molecule has 0 saturated heterocycles. The molecule has 3 aliphatic rings. The van der Waals surface area contributed by atoms with Crippen LogP contribution in [0.4, 0.5) is 0 Å². The normalized spacial score (nSPS) is 32.5. The Balaban J connectivity index is 1.81. The summed E-state index contributed by atoms with van der Waals surface area (Å²) in [6, 6.07) is 3.40. The zero-order valence-corrected chi connectivity index (χ0v) is 18.8. The molecule has 1 aromatic carbocycles. The van der Waals surface area contributed by atoms with E-state index < -0.39 is 10.3 Å². The zero-order valence-electron chi connectivity index (χ0n) is 17.9. The predicted molar refractivity (Wildman–Crippen MR) is 113 cm³/mol. The lowest BCUT2D eigenvalue weighted by molar-refractivity contribution is -0.120. The van der Waals surface area contributed by atoms with Crippen molar-refractivity contribution in [1.29, 1.82) is 0 Å². The van der Waals surface area contributed by atoms with Crippen molar-refractivity contribution < 1.29 is 22.1 Å². The van der Waals surface area contributed by atoms with Gasteiger partial charge in [0.2, 0.25) is 5.91 Å². The molecule has 7 nitrogen and oxygen atoms in total. The van der Waals surface area contributed by atoms with Crippen LogP contribution in [0, 0.1) is 17.3 Å². The molecular weight excluding hydrogens is 404 g/mol. The van der Waals surface area contributed by atoms with Gasteiger partial charge in [0.25, 0.3) is 0 Å². The third-order valence-electron chi connectivity index (χ3n) is 7.90. The summed E-state index contributed by atoms with van der Waals surface area (Å²) in [5.41, 5.74) is 2.48. The van der Waals surface area contributed by atoms with Crippen molar-refractivity contribution in [2.75, 3.05) is 7.11 Å². The lowest BCUT2D eigenvalue weighted by atomic mass is 9.54. The maximum Gasteiger partial charge on any atom is 0.380 e. The Labute approximate surface area is 179 Å². The van der Waals surface area contributed by atoms with E-state index in [-0.39, 0.29) is 17.7 Å². The number of carbonyl (C=O) groups is 1. The van der Waals surface area contributed by atoms with E-state index in [2.05, 4.69) is 12.2 Å². The molecule has 166 valence electrons. The van der Waals surface area contributed by atoms with Crippen LogP contribution in [0.3, 0.4) is 0 Å². The number of ether oxygens (including phenoxy) is 1. The van der Waals surface area contributed by atoms with Crippen LogP contribution in [0.5, 0.6) is 11.5 Å². The molecule has 1 amide bonds. The van der Waals surface area contributed by atoms with E-state index in [0.29, 0.717) is 28.9 Å². The quantitative estimate of drug-likeness (QED) is 0.734. The fourth-order valence-corrected chi connectivity index (χ4v) is 7.14. The highest BCUT2D eigenvalue weighted by Crippen LogP contribution is 2.63. The van der Waals surface area contributed by atoms with Gasteiger partial charge in [0.15, 0.2) is 11.5 Å². The molecule has 0 spiro atoms. The van der Waals surface area contributed by atoms with E-state index in [9.17, 15) is 13.2 Å². The Bertz CT molecular complexity index is 947. The largest absolute Gasteiger partial charge is 0.493 e. The molecule has 5 atom stereocenters. The number of carbonyl (C=O) groups excluding carboxylic acids is 1. The molecule has 3 aliphatic carbocycles. The molecule has 2 saturated carbocycles. The van der Waals surface area contributed by atoms with E-state index in [1.54, 1.807) is 6.07 Å². The molecule has 3 N–H and O–H groups in total. The molecule has 8 heteroatoms. The third-order valence-corrected chi connectivity index (χ3v) is 8.31. The van der Waals surface area contributed by atoms with Crippen molar-refractivity contribution >= 4 is 16.2 Å². The topological polar surface area (TPSA) is 108 Å². The second-order valence-corrected chi connectivity index (χ2v) is 10.4. The number of benzene rings is 1. The fourth-order valence-electron chi connectivity index (χ4n) is 6.76. The minimum absolute atomic E-state index is 0.0622. The van der Waals surface area contributed by atoms with Gasteiger partial charge in [-0.05, 0) is 78.5 Å². The van der Waals surface area contributed by atoms with Crippen LogP contribution in [0.2, 0.25) is 0 Å². The Morgan fingerprint density at radius 3 is 2.60 bits per heavy atom. The van der Waals surface area contributed by atoms with E-state index >= 15 is 0 Å². The van der Waals surface area contributed by atoms with Gasteiger partial charge in [0.1, 0.15) is 0 Å². The number of nitrogens with two attached hydrogens (primary N) is 1. The molecule has 1 aromatic rings. The van der Waals surface area contributed by atoms with Crippen molar-refractivity contribution in [3.63, 3.8) is 0 Å². The second-order valence-electron chi connectivity index (χ2n) is 9.22. The minimum atomic E-state index is -4.19. The number of hydrogen-bond acceptors (Lipinski definition) is 5. The van der Waals surface area contributed by atoms with Crippen molar-refractivity contribution in [3.05, 3.63) is 23.3 Å². The van der Waals surface area contributed by atoms with Crippen LogP contribution < -0.4 is 19.4 Å². The highest BCUT2D eigenvalue weighted by molar-refractivity contribution is 7.84. The van der Waals surface area contributed by atoms with Gasteiger partial charge in [0, 0.05) is 6.92 Å². The third kappa shape index (κ3) is 3.68. The minimum Gasteiger partial charge on any atom is -0.493 e. The Morgan fingerprint density at radius 2 is 1.97 bits per heavy atom. The summed E-state index contributed by atoms with van der Waals surface area (Å²) < 4.78 is 33.5. The van der Waals surface area contributed by atoms with Gasteiger partial charge in [-0.3, -0.25) is 4.79 Å². The number of methoxy groups -OCH3 is 1. The highest BCUT2D eigenvalue weighted by Gasteiger charge is 2.53. The van der Waals surface area contributed by atoms with Crippen LogP contribution in [-0.4, -0.2) is 21.4 Å². The summed E-state index contributed by atoms with van der Waals surface area (Å²) >= 11 is 0. The zero-order chi connectivity index (χ0) is 21.7. The first-order chi connectivity index (χ1) is 14.2. The van der Waals surface area contributed by atoms with E-state index in [1.807, 2.05) is 6.07 Å². The molecule has 30 heavy (non-hydrogen) atoms. The summed E-state index contributed by atoms with van der Waals surface area (Å²) in [5, 5.41) is 8.19. The van der Waals surface area contributed by atoms with Gasteiger partial charge in [-0.2, -0.15) is 13.6 Å². The summed E-state index contributed by atoms with van der Waals surface area (Å²) in [7, 11) is -2.70. The van der Waals surface area contributed by atoms with Gasteiger partial charge in [0.05, 0.1) is 13.2 Å². The number of rotatable bonds is 5. The van der Waals surface area contributed by atoms with E-state index in [4.69, 9.17) is 14.1 Å². The molecular formula is C22H32N2O5S. The smallest absolute Gasteiger partial charge is 0.380 e. The predicted octanol–water partition coefficient (Wildman–Crippen LogP) is 3.55. The summed E-state index contributed by atoms with van der Waals surface area (Å²) in [6.45, 7) is 3.84. The molecule has 4 rings (SSSR count). The van der Waals surface area contributed by atoms with Gasteiger partial charge < -0.3 is 14.2 Å². The first-order valence-corrected chi connectivity index (χ1v) is 12.4. The monoisotopic (exact) mass is 436 g/mol. The lowest BCUT2D eigenvalue weighted by Gasteiger charge is -2.52. The van der Waals surface area contributed by atoms with Gasteiger partial charge >= 0.3 is 10.3 Å². The van der Waals surface area contributed by atoms with E-state index in [0.717, 1.165) is 24.0 Å². The lowest BCUT2D eigenvalue weighted by Crippen LogP contribution is -2.44. The molecule has 0 unspecified atom stereocenters. The summed E-state index contributed by atoms with van der Waals surface area (Å²) in [6.07, 6.45) is 8.24. The number of hydrogen-bond donors (Lipinski definition) is 2. The first-order valence-electron chi connectivity index (χ1n) is 10.9. The van der Waals surface area contributed by atoms with Gasteiger partial charge in [-0.25, -0.2) is 0 Å². The van der Waals surface area contributed by atoms with Gasteiger partial charge in [-0.1, -0.05) is 19.8 Å². The number of fused-ring (bicyclic) bond motifs is 5. The van der Waals surface area contributed by atoms with Gasteiger partial charge in [-0.15, -0.1) is 0 Å². The van der Waals surface area contributed by atoms with E-state index in [1.165, 1.54) is 46.1 Å². The summed E-state index contributed by atoms with van der Waals surface area (Å²) in [4.78, 5) is 12.0. The first kappa shape index (κ1) is 21.4. The maximum atomic E-state index is 12.0. The maximum absolute atomic E-state index is 12.0. The summed E-state index contributed by atoms with van der Waals surface area (Å²) in [5.74, 6) is 1.86. The molecule has 0 heterocycles. The molecule has 0 aliphatic heterocycles. The van der Waals surface area contributed by atoms with Crippen molar-refractivity contribution in [3.8, 4) is 11.5 Å². The second kappa shape index (κ2) is 7.71. The standard InChI is InChI=1S/C22H32N2O5S/c1-4-22-8-5-6-18(22)16-10-19(24-13(2)25)17-12-21(29-30(23,26)27)20(28-3)11-15(17)14(16)7-9-22/h11-12,14,16,18-19H,4-10H2,1-3H3,(H,24,25)(H2,23,26,27)/t14-,16-,18+,19+,22+/m1/s1. The van der Waals surface area contributed by atoms with Crippen LogP contribution in [-0.2, 0) is 15.1 Å². The average molecular weight is 437 g/mol. The Hall–Kier alpha value is -1.80. The van der Waals surface area contributed by atoms with Crippen LogP contribution >= 0.6 is 0 Å². The van der Waals surface area contributed by atoms with Crippen LogP contribution in [0.1, 0.15) is 81.9 Å². The number of amides is 1. The fraction of sp³-hybridized carbons (Fsp3) is 0.682. The molecule has 0 bridgehead atoms. The van der Waals surface area contributed by atoms with Crippen LogP contribution in [0.15, 0.2) is 12.1 Å². The Morgan fingerprint density at radius 1 is 1.23 bits per heavy atom. The van der Waals surface area contributed by atoms with Crippen molar-refractivity contribution in [1.82, 2.24) is 5.32 Å². The average Bonchev–Trinajstić information content (AvgIpc) is 3.11.